The molecule has 0 aliphatic rings. The number of allylic oxidation sites excluding steroid dienone is 2. The zero-order chi connectivity index (χ0) is 22.3. The van der Waals surface area contributed by atoms with Crippen LogP contribution in [0.1, 0.15) is 122 Å². The van der Waals surface area contributed by atoms with Gasteiger partial charge in [0, 0.05) is 13.0 Å². The van der Waals surface area contributed by atoms with Crippen molar-refractivity contribution in [2.24, 2.45) is 5.73 Å². The van der Waals surface area contributed by atoms with Crippen molar-refractivity contribution in [3.8, 4) is 0 Å². The van der Waals surface area contributed by atoms with E-state index in [1.54, 1.807) is 0 Å². The van der Waals surface area contributed by atoms with Crippen molar-refractivity contribution in [2.45, 2.75) is 129 Å². The molecular formula is C25H48N2O3. The van der Waals surface area contributed by atoms with E-state index in [2.05, 4.69) is 24.4 Å². The number of hydrogen-bond donors (Lipinski definition) is 3. The average Bonchev–Trinajstić information content (AvgIpc) is 2.72. The van der Waals surface area contributed by atoms with Gasteiger partial charge in [0.1, 0.15) is 6.04 Å². The van der Waals surface area contributed by atoms with Crippen molar-refractivity contribution in [1.29, 1.82) is 0 Å². The molecular weight excluding hydrogens is 376 g/mol. The molecule has 0 heterocycles. The molecule has 5 heteroatoms. The van der Waals surface area contributed by atoms with Gasteiger partial charge in [0.05, 0.1) is 0 Å². The largest absolute Gasteiger partial charge is 0.480 e. The number of aliphatic carboxylic acids is 1. The lowest BCUT2D eigenvalue weighted by atomic mass is 10.0. The molecule has 0 radical (unpaired) electrons. The predicted molar refractivity (Wildman–Crippen MR) is 127 cm³/mol. The number of hydrogen-bond acceptors (Lipinski definition) is 3. The van der Waals surface area contributed by atoms with Crippen LogP contribution in [0, 0.1) is 0 Å². The Morgan fingerprint density at radius 2 is 1.33 bits per heavy atom. The third-order valence-corrected chi connectivity index (χ3v) is 5.50. The Morgan fingerprint density at radius 3 is 1.90 bits per heavy atom. The van der Waals surface area contributed by atoms with Crippen LogP contribution in [0.2, 0.25) is 0 Å². The van der Waals surface area contributed by atoms with Crippen LogP contribution in [-0.4, -0.2) is 29.6 Å². The number of nitrogens with one attached hydrogen (secondary N) is 1. The summed E-state index contributed by atoms with van der Waals surface area (Å²) in [5.74, 6) is -0.849. The highest BCUT2D eigenvalue weighted by Gasteiger charge is 2.10. The molecule has 1 amide bonds. The molecule has 4 N–H and O–H groups in total. The number of carbonyl (C=O) groups is 2. The van der Waals surface area contributed by atoms with Gasteiger partial charge in [-0.25, -0.2) is 0 Å². The van der Waals surface area contributed by atoms with Crippen molar-refractivity contribution in [1.82, 2.24) is 5.32 Å². The van der Waals surface area contributed by atoms with E-state index in [0.717, 1.165) is 25.7 Å². The van der Waals surface area contributed by atoms with Gasteiger partial charge in [-0.05, 0) is 44.9 Å². The van der Waals surface area contributed by atoms with E-state index in [1.165, 1.54) is 77.0 Å². The van der Waals surface area contributed by atoms with E-state index in [-0.39, 0.29) is 5.91 Å². The third-order valence-electron chi connectivity index (χ3n) is 5.50. The summed E-state index contributed by atoms with van der Waals surface area (Å²) in [6.45, 7) is 2.85. The summed E-state index contributed by atoms with van der Waals surface area (Å²) < 4.78 is 0. The van der Waals surface area contributed by atoms with Crippen molar-refractivity contribution in [3.63, 3.8) is 0 Å². The minimum Gasteiger partial charge on any atom is -0.480 e. The molecule has 0 fully saturated rings. The lowest BCUT2D eigenvalue weighted by Gasteiger charge is -2.07. The molecule has 30 heavy (non-hydrogen) atoms. The van der Waals surface area contributed by atoms with Crippen molar-refractivity contribution in [2.75, 3.05) is 6.54 Å². The van der Waals surface area contributed by atoms with E-state index in [1.807, 2.05) is 0 Å². The summed E-state index contributed by atoms with van der Waals surface area (Å²) in [5.41, 5.74) is 5.44. The zero-order valence-electron chi connectivity index (χ0n) is 19.5. The summed E-state index contributed by atoms with van der Waals surface area (Å²) in [5, 5.41) is 11.6. The van der Waals surface area contributed by atoms with Crippen LogP contribution >= 0.6 is 0 Å². The first-order valence-corrected chi connectivity index (χ1v) is 12.5. The average molecular weight is 425 g/mol. The molecule has 0 aromatic heterocycles. The van der Waals surface area contributed by atoms with Gasteiger partial charge in [-0.3, -0.25) is 9.59 Å². The van der Waals surface area contributed by atoms with Gasteiger partial charge in [0.25, 0.3) is 0 Å². The predicted octanol–water partition coefficient (Wildman–Crippen LogP) is 6.11. The number of amides is 1. The number of carboxylic acids is 1. The summed E-state index contributed by atoms with van der Waals surface area (Å²) in [6.07, 6.45) is 25.0. The molecule has 176 valence electrons. The van der Waals surface area contributed by atoms with Crippen LogP contribution in [-0.2, 0) is 9.59 Å². The van der Waals surface area contributed by atoms with Crippen LogP contribution < -0.4 is 11.1 Å². The van der Waals surface area contributed by atoms with Crippen LogP contribution in [0.25, 0.3) is 0 Å². The molecule has 1 atom stereocenters. The Labute approximate surface area is 185 Å². The normalized spacial score (nSPS) is 12.3. The highest BCUT2D eigenvalue weighted by molar-refractivity contribution is 5.75. The van der Waals surface area contributed by atoms with Gasteiger partial charge in [-0.2, -0.15) is 0 Å². The molecule has 0 bridgehead atoms. The van der Waals surface area contributed by atoms with Crippen LogP contribution in [0.3, 0.4) is 0 Å². The second kappa shape index (κ2) is 22.3. The van der Waals surface area contributed by atoms with Gasteiger partial charge in [0.15, 0.2) is 0 Å². The van der Waals surface area contributed by atoms with Gasteiger partial charge in [-0.15, -0.1) is 0 Å². The molecule has 0 rings (SSSR count). The molecule has 0 unspecified atom stereocenters. The maximum absolute atomic E-state index is 11.8. The fraction of sp³-hybridized carbons (Fsp3) is 0.840. The summed E-state index contributed by atoms with van der Waals surface area (Å²) in [6, 6.07) is -0.789. The maximum Gasteiger partial charge on any atom is 0.320 e. The topological polar surface area (TPSA) is 92.4 Å². The summed E-state index contributed by atoms with van der Waals surface area (Å²) in [4.78, 5) is 22.4. The summed E-state index contributed by atoms with van der Waals surface area (Å²) in [7, 11) is 0. The van der Waals surface area contributed by atoms with Crippen molar-refractivity contribution in [3.05, 3.63) is 12.2 Å². The number of carboxylic acid groups (broad SMARTS) is 1. The van der Waals surface area contributed by atoms with Gasteiger partial charge in [0.2, 0.25) is 5.91 Å². The first kappa shape index (κ1) is 28.6. The Balaban J connectivity index is 3.24. The van der Waals surface area contributed by atoms with E-state index in [9.17, 15) is 9.59 Å². The monoisotopic (exact) mass is 424 g/mol. The smallest absolute Gasteiger partial charge is 0.320 e. The summed E-state index contributed by atoms with van der Waals surface area (Å²) >= 11 is 0. The molecule has 0 spiro atoms. The highest BCUT2D eigenvalue weighted by Crippen LogP contribution is 2.12. The Morgan fingerprint density at radius 1 is 0.800 bits per heavy atom. The maximum atomic E-state index is 11.8. The first-order chi connectivity index (χ1) is 14.6. The Bertz CT molecular complexity index is 438. The lowest BCUT2D eigenvalue weighted by Crippen LogP contribution is -2.30. The quantitative estimate of drug-likeness (QED) is 0.144. The first-order valence-electron chi connectivity index (χ1n) is 12.5. The number of unbranched alkanes of at least 4 members (excludes halogenated alkanes) is 13. The van der Waals surface area contributed by atoms with Gasteiger partial charge in [-0.1, -0.05) is 83.3 Å². The fourth-order valence-electron chi connectivity index (χ4n) is 3.45. The zero-order valence-corrected chi connectivity index (χ0v) is 19.5. The second-order valence-corrected chi connectivity index (χ2v) is 8.48. The van der Waals surface area contributed by atoms with Crippen LogP contribution in [0.5, 0.6) is 0 Å². The van der Waals surface area contributed by atoms with E-state index >= 15 is 0 Å². The van der Waals surface area contributed by atoms with Gasteiger partial charge >= 0.3 is 5.97 Å². The second-order valence-electron chi connectivity index (χ2n) is 8.48. The number of carbonyl (C=O) groups excluding carboxylic acids is 1. The SMILES string of the molecule is CCCC/C=C/CCCCCCCCCCCCC(=O)NCCCC[C@H](N)C(=O)O. The number of rotatable bonds is 22. The van der Waals surface area contributed by atoms with Crippen LogP contribution in [0.15, 0.2) is 12.2 Å². The lowest BCUT2D eigenvalue weighted by molar-refractivity contribution is -0.138. The minimum absolute atomic E-state index is 0.109. The van der Waals surface area contributed by atoms with E-state index in [4.69, 9.17) is 10.8 Å². The van der Waals surface area contributed by atoms with E-state index in [0.29, 0.717) is 19.4 Å². The van der Waals surface area contributed by atoms with E-state index < -0.39 is 12.0 Å². The molecule has 0 aromatic rings. The molecule has 0 aliphatic heterocycles. The Hall–Kier alpha value is -1.36. The minimum atomic E-state index is -0.958. The third kappa shape index (κ3) is 21.4. The van der Waals surface area contributed by atoms with Crippen LogP contribution in [0.4, 0.5) is 0 Å². The molecule has 0 saturated carbocycles. The van der Waals surface area contributed by atoms with Crippen molar-refractivity contribution >= 4 is 11.9 Å². The molecule has 0 aromatic carbocycles. The number of nitrogens with two attached hydrogens (primary N) is 1. The fourth-order valence-corrected chi connectivity index (χ4v) is 3.45. The highest BCUT2D eigenvalue weighted by atomic mass is 16.4. The van der Waals surface area contributed by atoms with Gasteiger partial charge < -0.3 is 16.2 Å². The van der Waals surface area contributed by atoms with Crippen molar-refractivity contribution < 1.29 is 14.7 Å². The Kier molecular flexibility index (Phi) is 21.3. The standard InChI is InChI=1S/C25H48N2O3/c1-2-3-4-5-6-7-8-9-10-11-12-13-14-15-16-17-21-24(28)27-22-19-18-20-23(26)25(29)30/h5-6,23H,2-4,7-22,26H2,1H3,(H,27,28)(H,29,30)/b6-5+/t23-/m0/s1. The molecule has 0 aliphatic carbocycles. The molecule has 0 saturated heterocycles. The molecule has 5 nitrogen and oxygen atoms in total.